The van der Waals surface area contributed by atoms with Gasteiger partial charge in [-0.15, -0.1) is 0 Å². The Balaban J connectivity index is 1.78. The highest BCUT2D eigenvalue weighted by Gasteiger charge is 2.07. The Morgan fingerprint density at radius 1 is 0.957 bits per heavy atom. The molecule has 0 spiro atoms. The number of fused-ring (bicyclic) bond motifs is 1. The highest BCUT2D eigenvalue weighted by Crippen LogP contribution is 2.18. The van der Waals surface area contributed by atoms with Crippen LogP contribution in [-0.4, -0.2) is 15.9 Å². The number of hydrogen-bond acceptors (Lipinski definition) is 3. The van der Waals surface area contributed by atoms with Gasteiger partial charge in [0.2, 0.25) is 5.91 Å². The molecule has 0 fully saturated rings. The third-order valence-electron chi connectivity index (χ3n) is 3.81. The largest absolute Gasteiger partial charge is 0.326 e. The van der Waals surface area contributed by atoms with Crippen LogP contribution >= 0.6 is 0 Å². The van der Waals surface area contributed by atoms with Crippen molar-refractivity contribution in [2.75, 3.05) is 5.32 Å². The van der Waals surface area contributed by atoms with E-state index in [0.29, 0.717) is 6.42 Å². The molecule has 0 saturated heterocycles. The lowest BCUT2D eigenvalue weighted by molar-refractivity contribution is -0.115. The summed E-state index contributed by atoms with van der Waals surface area (Å²) in [4.78, 5) is 21.2. The van der Waals surface area contributed by atoms with Crippen LogP contribution in [0.2, 0.25) is 0 Å². The third-order valence-corrected chi connectivity index (χ3v) is 3.81. The molecule has 1 heterocycles. The van der Waals surface area contributed by atoms with E-state index >= 15 is 0 Å². The first kappa shape index (κ1) is 15.2. The number of aromatic nitrogens is 2. The molecule has 0 aliphatic carbocycles. The summed E-state index contributed by atoms with van der Waals surface area (Å²) in [5.74, 6) is -0.0354. The summed E-state index contributed by atoms with van der Waals surface area (Å²) >= 11 is 0. The SMILES string of the molecule is Cc1cccc(CC(=O)Nc2ccc3nc(C)c(C)nc3c2)c1. The first-order valence-electron chi connectivity index (χ1n) is 7.62. The van der Waals surface area contributed by atoms with Crippen molar-refractivity contribution in [2.45, 2.75) is 27.2 Å². The highest BCUT2D eigenvalue weighted by atomic mass is 16.1. The maximum absolute atomic E-state index is 12.2. The minimum atomic E-state index is -0.0354. The molecule has 0 aliphatic heterocycles. The maximum atomic E-state index is 12.2. The number of rotatable bonds is 3. The summed E-state index contributed by atoms with van der Waals surface area (Å²) in [6.07, 6.45) is 0.359. The van der Waals surface area contributed by atoms with E-state index in [1.165, 1.54) is 0 Å². The molecule has 23 heavy (non-hydrogen) atoms. The van der Waals surface area contributed by atoms with Gasteiger partial charge in [-0.2, -0.15) is 0 Å². The average Bonchev–Trinajstić information content (AvgIpc) is 2.48. The van der Waals surface area contributed by atoms with Crippen LogP contribution < -0.4 is 5.32 Å². The number of nitrogens with one attached hydrogen (secondary N) is 1. The van der Waals surface area contributed by atoms with E-state index in [1.807, 2.05) is 63.2 Å². The second kappa shape index (κ2) is 6.16. The Hall–Kier alpha value is -2.75. The van der Waals surface area contributed by atoms with E-state index in [4.69, 9.17) is 0 Å². The summed E-state index contributed by atoms with van der Waals surface area (Å²) in [7, 11) is 0. The van der Waals surface area contributed by atoms with Crippen LogP contribution in [0.15, 0.2) is 42.5 Å². The van der Waals surface area contributed by atoms with Crippen molar-refractivity contribution in [1.29, 1.82) is 0 Å². The summed E-state index contributed by atoms with van der Waals surface area (Å²) in [6, 6.07) is 13.6. The van der Waals surface area contributed by atoms with E-state index in [-0.39, 0.29) is 5.91 Å². The van der Waals surface area contributed by atoms with Crippen LogP contribution in [0.5, 0.6) is 0 Å². The highest BCUT2D eigenvalue weighted by molar-refractivity contribution is 5.94. The van der Waals surface area contributed by atoms with Crippen LogP contribution in [0.25, 0.3) is 11.0 Å². The normalized spacial score (nSPS) is 10.7. The van der Waals surface area contributed by atoms with Crippen molar-refractivity contribution in [3.05, 3.63) is 65.0 Å². The van der Waals surface area contributed by atoms with Gasteiger partial charge in [0.15, 0.2) is 0 Å². The van der Waals surface area contributed by atoms with Gasteiger partial charge in [0.1, 0.15) is 0 Å². The predicted octanol–water partition coefficient (Wildman–Crippen LogP) is 3.74. The van der Waals surface area contributed by atoms with Crippen LogP contribution in [0.1, 0.15) is 22.5 Å². The number of carbonyl (C=O) groups is 1. The van der Waals surface area contributed by atoms with E-state index in [1.54, 1.807) is 0 Å². The number of aryl methyl sites for hydroxylation is 3. The molecule has 3 rings (SSSR count). The zero-order valence-corrected chi connectivity index (χ0v) is 13.6. The minimum absolute atomic E-state index is 0.0354. The van der Waals surface area contributed by atoms with Gasteiger partial charge >= 0.3 is 0 Å². The van der Waals surface area contributed by atoms with Crippen LogP contribution in [0.4, 0.5) is 5.69 Å². The van der Waals surface area contributed by atoms with Gasteiger partial charge in [-0.1, -0.05) is 29.8 Å². The molecule has 1 amide bonds. The van der Waals surface area contributed by atoms with E-state index in [0.717, 1.165) is 39.2 Å². The standard InChI is InChI=1S/C19H19N3O/c1-12-5-4-6-15(9-12)10-19(23)22-16-7-8-17-18(11-16)21-14(3)13(2)20-17/h4-9,11H,10H2,1-3H3,(H,22,23). The Bertz CT molecular complexity index is 887. The van der Waals surface area contributed by atoms with Gasteiger partial charge in [0.25, 0.3) is 0 Å². The second-order valence-corrected chi connectivity index (χ2v) is 5.81. The minimum Gasteiger partial charge on any atom is -0.326 e. The fourth-order valence-corrected chi connectivity index (χ4v) is 2.52. The summed E-state index contributed by atoms with van der Waals surface area (Å²) in [6.45, 7) is 5.90. The zero-order valence-electron chi connectivity index (χ0n) is 13.6. The Morgan fingerprint density at radius 2 is 1.70 bits per heavy atom. The molecular formula is C19H19N3O. The number of hydrogen-bond donors (Lipinski definition) is 1. The summed E-state index contributed by atoms with van der Waals surface area (Å²) in [5.41, 5.74) is 6.37. The molecule has 3 aromatic rings. The lowest BCUT2D eigenvalue weighted by atomic mass is 10.1. The summed E-state index contributed by atoms with van der Waals surface area (Å²) < 4.78 is 0. The third kappa shape index (κ3) is 3.54. The topological polar surface area (TPSA) is 54.9 Å². The molecule has 0 bridgehead atoms. The molecule has 0 atom stereocenters. The molecule has 116 valence electrons. The van der Waals surface area contributed by atoms with Crippen molar-refractivity contribution in [3.8, 4) is 0 Å². The van der Waals surface area contributed by atoms with E-state index in [2.05, 4.69) is 15.3 Å². The monoisotopic (exact) mass is 305 g/mol. The number of anilines is 1. The number of benzene rings is 2. The molecule has 0 aliphatic rings. The van der Waals surface area contributed by atoms with Gasteiger partial charge in [-0.05, 0) is 44.5 Å². The van der Waals surface area contributed by atoms with Crippen molar-refractivity contribution in [1.82, 2.24) is 9.97 Å². The Labute approximate surface area is 135 Å². The molecule has 0 radical (unpaired) electrons. The van der Waals surface area contributed by atoms with Crippen LogP contribution in [0.3, 0.4) is 0 Å². The lowest BCUT2D eigenvalue weighted by Crippen LogP contribution is -2.14. The Morgan fingerprint density at radius 3 is 2.43 bits per heavy atom. The predicted molar refractivity (Wildman–Crippen MR) is 92.5 cm³/mol. The lowest BCUT2D eigenvalue weighted by Gasteiger charge is -2.08. The fraction of sp³-hybridized carbons (Fsp3) is 0.211. The zero-order chi connectivity index (χ0) is 16.4. The summed E-state index contributed by atoms with van der Waals surface area (Å²) in [5, 5.41) is 2.93. The van der Waals surface area contributed by atoms with E-state index in [9.17, 15) is 4.79 Å². The molecule has 0 unspecified atom stereocenters. The van der Waals surface area contributed by atoms with Gasteiger partial charge < -0.3 is 5.32 Å². The van der Waals surface area contributed by atoms with Crippen LogP contribution in [0, 0.1) is 20.8 Å². The quantitative estimate of drug-likeness (QED) is 0.802. The number of amides is 1. The van der Waals surface area contributed by atoms with Gasteiger partial charge in [-0.25, -0.2) is 9.97 Å². The molecule has 2 aromatic carbocycles. The Kier molecular flexibility index (Phi) is 4.06. The van der Waals surface area contributed by atoms with Crippen LogP contribution in [-0.2, 0) is 11.2 Å². The average molecular weight is 305 g/mol. The molecule has 1 aromatic heterocycles. The second-order valence-electron chi connectivity index (χ2n) is 5.81. The smallest absolute Gasteiger partial charge is 0.228 e. The van der Waals surface area contributed by atoms with Crippen molar-refractivity contribution >= 4 is 22.6 Å². The first-order valence-corrected chi connectivity index (χ1v) is 7.62. The van der Waals surface area contributed by atoms with Gasteiger partial charge in [-0.3, -0.25) is 4.79 Å². The molecule has 4 heteroatoms. The molecule has 0 saturated carbocycles. The fourth-order valence-electron chi connectivity index (χ4n) is 2.52. The number of carbonyl (C=O) groups excluding carboxylic acids is 1. The van der Waals surface area contributed by atoms with Gasteiger partial charge in [0, 0.05) is 5.69 Å². The first-order chi connectivity index (χ1) is 11.0. The number of nitrogens with zero attached hydrogens (tertiary/aromatic N) is 2. The molecular weight excluding hydrogens is 286 g/mol. The van der Waals surface area contributed by atoms with Crippen molar-refractivity contribution < 1.29 is 4.79 Å². The van der Waals surface area contributed by atoms with E-state index < -0.39 is 0 Å². The molecule has 4 nitrogen and oxygen atoms in total. The van der Waals surface area contributed by atoms with Crippen molar-refractivity contribution in [3.63, 3.8) is 0 Å². The van der Waals surface area contributed by atoms with Gasteiger partial charge in [0.05, 0.1) is 28.8 Å². The maximum Gasteiger partial charge on any atom is 0.228 e. The molecule has 1 N–H and O–H groups in total. The van der Waals surface area contributed by atoms with Crippen molar-refractivity contribution in [2.24, 2.45) is 0 Å².